The van der Waals surface area contributed by atoms with E-state index in [1.165, 1.54) is 0 Å². The fourth-order valence-corrected chi connectivity index (χ4v) is 2.20. The first kappa shape index (κ1) is 15.3. The first-order valence-corrected chi connectivity index (χ1v) is 5.69. The van der Waals surface area contributed by atoms with Gasteiger partial charge in [-0.25, -0.2) is 13.2 Å². The highest BCUT2D eigenvalue weighted by atomic mass is 35.5. The molecule has 1 aliphatic rings. The number of hydrogen-bond donors (Lipinski definition) is 1. The monoisotopic (exact) mass is 280 g/mol. The van der Waals surface area contributed by atoms with Crippen molar-refractivity contribution in [2.45, 2.75) is 13.0 Å². The molecule has 6 heteroatoms. The van der Waals surface area contributed by atoms with Crippen LogP contribution in [0.1, 0.15) is 18.5 Å². The van der Waals surface area contributed by atoms with Crippen LogP contribution >= 0.6 is 12.4 Å². The van der Waals surface area contributed by atoms with Gasteiger partial charge < -0.3 is 5.32 Å². The van der Waals surface area contributed by atoms with Crippen LogP contribution in [0.3, 0.4) is 0 Å². The average Bonchev–Trinajstić information content (AvgIpc) is 2.28. The average molecular weight is 281 g/mol. The topological polar surface area (TPSA) is 15.3 Å². The van der Waals surface area contributed by atoms with Crippen molar-refractivity contribution in [3.63, 3.8) is 0 Å². The van der Waals surface area contributed by atoms with E-state index >= 15 is 0 Å². The molecule has 1 aliphatic heterocycles. The van der Waals surface area contributed by atoms with Gasteiger partial charge in [-0.15, -0.1) is 12.4 Å². The molecular weight excluding hydrogens is 265 g/mol. The third-order valence-corrected chi connectivity index (χ3v) is 3.16. The quantitative estimate of drug-likeness (QED) is 0.895. The molecule has 0 spiro atoms. The van der Waals surface area contributed by atoms with E-state index < -0.39 is 17.5 Å². The summed E-state index contributed by atoms with van der Waals surface area (Å²) in [5, 5.41) is 3.17. The fraction of sp³-hybridized carbons (Fsp3) is 0.500. The Kier molecular flexibility index (Phi) is 5.44. The van der Waals surface area contributed by atoms with Crippen LogP contribution in [-0.4, -0.2) is 31.1 Å². The summed E-state index contributed by atoms with van der Waals surface area (Å²) in [5.74, 6) is -2.50. The Hall–Kier alpha value is -0.780. The van der Waals surface area contributed by atoms with E-state index in [-0.39, 0.29) is 24.0 Å². The van der Waals surface area contributed by atoms with Crippen LogP contribution in [0.5, 0.6) is 0 Å². The zero-order chi connectivity index (χ0) is 12.4. The molecule has 1 N–H and O–H groups in total. The summed E-state index contributed by atoms with van der Waals surface area (Å²) in [6, 6.07) is 1.09. The normalized spacial score (nSPS) is 18.2. The Bertz CT molecular complexity index is 385. The van der Waals surface area contributed by atoms with Crippen molar-refractivity contribution in [3.05, 3.63) is 35.1 Å². The summed E-state index contributed by atoms with van der Waals surface area (Å²) < 4.78 is 40.0. The number of rotatable bonds is 2. The minimum Gasteiger partial charge on any atom is -0.314 e. The van der Waals surface area contributed by atoms with Crippen LogP contribution < -0.4 is 5.32 Å². The van der Waals surface area contributed by atoms with Crippen molar-refractivity contribution < 1.29 is 13.2 Å². The van der Waals surface area contributed by atoms with E-state index in [2.05, 4.69) is 5.32 Å². The van der Waals surface area contributed by atoms with E-state index in [9.17, 15) is 13.2 Å². The van der Waals surface area contributed by atoms with Gasteiger partial charge in [-0.2, -0.15) is 0 Å². The van der Waals surface area contributed by atoms with Crippen LogP contribution in [0.25, 0.3) is 0 Å². The maximum absolute atomic E-state index is 13.6. The summed E-state index contributed by atoms with van der Waals surface area (Å²) in [6.45, 7) is 4.81. The predicted octanol–water partition coefficient (Wildman–Crippen LogP) is 2.49. The van der Waals surface area contributed by atoms with Gasteiger partial charge in [0.1, 0.15) is 17.5 Å². The Morgan fingerprint density at radius 2 is 1.61 bits per heavy atom. The molecule has 2 nitrogen and oxygen atoms in total. The molecule has 1 atom stereocenters. The maximum Gasteiger partial charge on any atom is 0.133 e. The smallest absolute Gasteiger partial charge is 0.133 e. The lowest BCUT2D eigenvalue weighted by Gasteiger charge is -2.33. The van der Waals surface area contributed by atoms with Crippen molar-refractivity contribution >= 4 is 12.4 Å². The Labute approximate surface area is 111 Å². The second-order valence-electron chi connectivity index (χ2n) is 4.25. The van der Waals surface area contributed by atoms with Crippen molar-refractivity contribution in [1.29, 1.82) is 0 Å². The van der Waals surface area contributed by atoms with E-state index in [0.717, 1.165) is 38.3 Å². The standard InChI is InChI=1S/C12H15F3N2.ClH/c1-8(17-4-2-16-3-5-17)12-10(14)6-9(13)7-11(12)15;/h6-8,16H,2-5H2,1H3;1H/t8-;/m1./s1. The minimum absolute atomic E-state index is 0. The third kappa shape index (κ3) is 3.16. The van der Waals surface area contributed by atoms with Crippen molar-refractivity contribution in [3.8, 4) is 0 Å². The lowest BCUT2D eigenvalue weighted by molar-refractivity contribution is 0.178. The molecule has 0 radical (unpaired) electrons. The van der Waals surface area contributed by atoms with Crippen LogP contribution in [0.2, 0.25) is 0 Å². The molecule has 1 aromatic carbocycles. The molecule has 1 saturated heterocycles. The zero-order valence-electron chi connectivity index (χ0n) is 10.0. The number of piperazine rings is 1. The Morgan fingerprint density at radius 1 is 1.11 bits per heavy atom. The number of benzene rings is 1. The van der Waals surface area contributed by atoms with Crippen LogP contribution in [0.4, 0.5) is 13.2 Å². The van der Waals surface area contributed by atoms with Crippen molar-refractivity contribution in [1.82, 2.24) is 10.2 Å². The Balaban J connectivity index is 0.00000162. The van der Waals surface area contributed by atoms with E-state index in [0.29, 0.717) is 0 Å². The SMILES string of the molecule is C[C@H](c1c(F)cc(F)cc1F)N1CCNCC1.Cl. The van der Waals surface area contributed by atoms with Crippen LogP contribution in [-0.2, 0) is 0 Å². The summed E-state index contributed by atoms with van der Waals surface area (Å²) in [6.07, 6.45) is 0. The zero-order valence-corrected chi connectivity index (χ0v) is 10.9. The molecule has 0 unspecified atom stereocenters. The molecule has 18 heavy (non-hydrogen) atoms. The highest BCUT2D eigenvalue weighted by molar-refractivity contribution is 5.85. The summed E-state index contributed by atoms with van der Waals surface area (Å²) in [4.78, 5) is 1.98. The molecule has 0 amide bonds. The van der Waals surface area contributed by atoms with Crippen molar-refractivity contribution in [2.75, 3.05) is 26.2 Å². The molecule has 1 heterocycles. The largest absolute Gasteiger partial charge is 0.314 e. The van der Waals surface area contributed by atoms with E-state index in [1.54, 1.807) is 6.92 Å². The lowest BCUT2D eigenvalue weighted by atomic mass is 10.0. The minimum atomic E-state index is -0.878. The summed E-state index contributed by atoms with van der Waals surface area (Å²) in [5.41, 5.74) is -0.0479. The number of halogens is 4. The van der Waals surface area contributed by atoms with Gasteiger partial charge in [-0.05, 0) is 6.92 Å². The summed E-state index contributed by atoms with van der Waals surface area (Å²) >= 11 is 0. The number of nitrogens with zero attached hydrogens (tertiary/aromatic N) is 1. The van der Waals surface area contributed by atoms with Gasteiger partial charge in [0.15, 0.2) is 0 Å². The maximum atomic E-state index is 13.6. The lowest BCUT2D eigenvalue weighted by Crippen LogP contribution is -2.44. The predicted molar refractivity (Wildman–Crippen MR) is 66.4 cm³/mol. The van der Waals surface area contributed by atoms with Gasteiger partial charge in [0.05, 0.1) is 0 Å². The van der Waals surface area contributed by atoms with Crippen LogP contribution in [0.15, 0.2) is 12.1 Å². The third-order valence-electron chi connectivity index (χ3n) is 3.16. The molecule has 1 aromatic rings. The van der Waals surface area contributed by atoms with Gasteiger partial charge in [-0.3, -0.25) is 4.90 Å². The second kappa shape index (κ2) is 6.41. The molecule has 102 valence electrons. The van der Waals surface area contributed by atoms with E-state index in [1.807, 2.05) is 4.90 Å². The highest BCUT2D eigenvalue weighted by Gasteiger charge is 2.24. The second-order valence-corrected chi connectivity index (χ2v) is 4.25. The highest BCUT2D eigenvalue weighted by Crippen LogP contribution is 2.26. The van der Waals surface area contributed by atoms with Gasteiger partial charge >= 0.3 is 0 Å². The molecular formula is C12H16ClF3N2. The van der Waals surface area contributed by atoms with Crippen LogP contribution in [0, 0.1) is 17.5 Å². The summed E-state index contributed by atoms with van der Waals surface area (Å²) in [7, 11) is 0. The number of nitrogens with one attached hydrogen (secondary N) is 1. The fourth-order valence-electron chi connectivity index (χ4n) is 2.20. The molecule has 0 bridgehead atoms. The Morgan fingerprint density at radius 3 is 2.11 bits per heavy atom. The molecule has 1 fully saturated rings. The molecule has 0 aromatic heterocycles. The first-order valence-electron chi connectivity index (χ1n) is 5.69. The molecule has 0 aliphatic carbocycles. The van der Waals surface area contributed by atoms with Gasteiger partial charge in [0.25, 0.3) is 0 Å². The van der Waals surface area contributed by atoms with Gasteiger partial charge in [0, 0.05) is 49.9 Å². The first-order chi connectivity index (χ1) is 8.09. The van der Waals surface area contributed by atoms with E-state index in [4.69, 9.17) is 0 Å². The molecule has 2 rings (SSSR count). The van der Waals surface area contributed by atoms with Crippen molar-refractivity contribution in [2.24, 2.45) is 0 Å². The number of hydrogen-bond acceptors (Lipinski definition) is 2. The molecule has 0 saturated carbocycles. The van der Waals surface area contributed by atoms with Gasteiger partial charge in [-0.1, -0.05) is 0 Å². The van der Waals surface area contributed by atoms with Gasteiger partial charge in [0.2, 0.25) is 0 Å².